The second-order valence-corrected chi connectivity index (χ2v) is 6.16. The van der Waals surface area contributed by atoms with Crippen molar-refractivity contribution in [2.75, 3.05) is 13.1 Å². The standard InChI is InChI=1S/C14H20N2O3S/c17-13(18)6-5-11-3-1-7-16(10-11)14(19)15-9-12-4-2-8-20-12/h2,4,8,11H,1,3,5-7,9-10H2,(H,15,19)(H,17,18). The van der Waals surface area contributed by atoms with E-state index in [0.29, 0.717) is 25.4 Å². The molecule has 6 heteroatoms. The minimum Gasteiger partial charge on any atom is -0.481 e. The summed E-state index contributed by atoms with van der Waals surface area (Å²) in [6.45, 7) is 2.00. The maximum Gasteiger partial charge on any atom is 0.317 e. The first kappa shape index (κ1) is 14.8. The molecule has 1 saturated heterocycles. The summed E-state index contributed by atoms with van der Waals surface area (Å²) in [4.78, 5) is 25.6. The van der Waals surface area contributed by atoms with Gasteiger partial charge in [-0.15, -0.1) is 11.3 Å². The number of carbonyl (C=O) groups excluding carboxylic acids is 1. The Morgan fingerprint density at radius 3 is 3.05 bits per heavy atom. The molecule has 0 aromatic carbocycles. The number of aliphatic carboxylic acids is 1. The van der Waals surface area contributed by atoms with E-state index in [9.17, 15) is 9.59 Å². The first-order valence-electron chi connectivity index (χ1n) is 6.92. The van der Waals surface area contributed by atoms with Crippen LogP contribution < -0.4 is 5.32 Å². The average Bonchev–Trinajstić information content (AvgIpc) is 2.96. The van der Waals surface area contributed by atoms with Crippen LogP contribution in [-0.2, 0) is 11.3 Å². The summed E-state index contributed by atoms with van der Waals surface area (Å²) in [6.07, 6.45) is 2.82. The third kappa shape index (κ3) is 4.52. The molecule has 110 valence electrons. The number of nitrogens with one attached hydrogen (secondary N) is 1. The van der Waals surface area contributed by atoms with Crippen LogP contribution in [0.3, 0.4) is 0 Å². The van der Waals surface area contributed by atoms with E-state index in [1.165, 1.54) is 0 Å². The highest BCUT2D eigenvalue weighted by Gasteiger charge is 2.23. The molecule has 5 nitrogen and oxygen atoms in total. The monoisotopic (exact) mass is 296 g/mol. The number of carboxylic acids is 1. The van der Waals surface area contributed by atoms with Crippen molar-refractivity contribution in [3.05, 3.63) is 22.4 Å². The van der Waals surface area contributed by atoms with Crippen molar-refractivity contribution in [3.63, 3.8) is 0 Å². The van der Waals surface area contributed by atoms with Crippen LogP contribution in [0, 0.1) is 5.92 Å². The number of rotatable bonds is 5. The average molecular weight is 296 g/mol. The van der Waals surface area contributed by atoms with E-state index in [2.05, 4.69) is 5.32 Å². The van der Waals surface area contributed by atoms with Crippen molar-refractivity contribution < 1.29 is 14.7 Å². The number of thiophene rings is 1. The Bertz CT molecular complexity index is 447. The molecule has 1 aliphatic rings. The van der Waals surface area contributed by atoms with Gasteiger partial charge in [-0.25, -0.2) is 4.79 Å². The molecule has 1 aliphatic heterocycles. The van der Waals surface area contributed by atoms with Gasteiger partial charge in [0.2, 0.25) is 0 Å². The third-order valence-electron chi connectivity index (χ3n) is 3.57. The molecule has 2 rings (SSSR count). The van der Waals surface area contributed by atoms with Crippen LogP contribution >= 0.6 is 11.3 Å². The van der Waals surface area contributed by atoms with E-state index in [1.54, 1.807) is 11.3 Å². The number of amides is 2. The van der Waals surface area contributed by atoms with E-state index < -0.39 is 5.97 Å². The number of carbonyl (C=O) groups is 2. The zero-order chi connectivity index (χ0) is 14.4. The molecule has 0 spiro atoms. The summed E-state index contributed by atoms with van der Waals surface area (Å²) in [5.41, 5.74) is 0. The SMILES string of the molecule is O=C(O)CCC1CCCN(C(=O)NCc2cccs2)C1. The van der Waals surface area contributed by atoms with Crippen molar-refractivity contribution in [2.45, 2.75) is 32.2 Å². The van der Waals surface area contributed by atoms with Gasteiger partial charge in [0.15, 0.2) is 0 Å². The van der Waals surface area contributed by atoms with Gasteiger partial charge in [-0.1, -0.05) is 6.07 Å². The van der Waals surface area contributed by atoms with Crippen molar-refractivity contribution >= 4 is 23.3 Å². The van der Waals surface area contributed by atoms with Gasteiger partial charge in [0.1, 0.15) is 0 Å². The fraction of sp³-hybridized carbons (Fsp3) is 0.571. The van der Waals surface area contributed by atoms with E-state index >= 15 is 0 Å². The van der Waals surface area contributed by atoms with Crippen LogP contribution in [0.2, 0.25) is 0 Å². The minimum absolute atomic E-state index is 0.0431. The van der Waals surface area contributed by atoms with E-state index in [4.69, 9.17) is 5.11 Å². The van der Waals surface area contributed by atoms with Gasteiger partial charge in [0, 0.05) is 24.4 Å². The van der Waals surface area contributed by atoms with Gasteiger partial charge in [-0.05, 0) is 36.6 Å². The lowest BCUT2D eigenvalue weighted by Crippen LogP contribution is -2.45. The molecule has 0 aliphatic carbocycles. The zero-order valence-electron chi connectivity index (χ0n) is 11.4. The summed E-state index contributed by atoms with van der Waals surface area (Å²) < 4.78 is 0. The molecule has 2 N–H and O–H groups in total. The van der Waals surface area contributed by atoms with Crippen LogP contribution in [0.4, 0.5) is 4.79 Å². The quantitative estimate of drug-likeness (QED) is 0.877. The van der Waals surface area contributed by atoms with Crippen LogP contribution in [0.25, 0.3) is 0 Å². The number of nitrogens with zero attached hydrogens (tertiary/aromatic N) is 1. The Morgan fingerprint density at radius 2 is 2.35 bits per heavy atom. The molecule has 20 heavy (non-hydrogen) atoms. The van der Waals surface area contributed by atoms with Crippen LogP contribution in [0.1, 0.15) is 30.6 Å². The number of hydrogen-bond acceptors (Lipinski definition) is 3. The van der Waals surface area contributed by atoms with Crippen LogP contribution in [-0.4, -0.2) is 35.1 Å². The predicted molar refractivity (Wildman–Crippen MR) is 77.7 cm³/mol. The summed E-state index contributed by atoms with van der Waals surface area (Å²) in [5, 5.41) is 13.6. The van der Waals surface area contributed by atoms with Gasteiger partial charge in [-0.2, -0.15) is 0 Å². The smallest absolute Gasteiger partial charge is 0.317 e. The lowest BCUT2D eigenvalue weighted by molar-refractivity contribution is -0.137. The number of urea groups is 1. The third-order valence-corrected chi connectivity index (χ3v) is 4.44. The highest BCUT2D eigenvalue weighted by atomic mass is 32.1. The maximum absolute atomic E-state index is 12.1. The fourth-order valence-corrected chi connectivity index (χ4v) is 3.15. The number of carboxylic acid groups (broad SMARTS) is 1. The number of likely N-dealkylation sites (tertiary alicyclic amines) is 1. The second kappa shape index (κ2) is 7.28. The van der Waals surface area contributed by atoms with Gasteiger partial charge in [0.05, 0.1) is 6.54 Å². The zero-order valence-corrected chi connectivity index (χ0v) is 12.2. The minimum atomic E-state index is -0.760. The lowest BCUT2D eigenvalue weighted by Gasteiger charge is -2.32. The van der Waals surface area contributed by atoms with Crippen molar-refractivity contribution in [1.82, 2.24) is 10.2 Å². The number of piperidine rings is 1. The lowest BCUT2D eigenvalue weighted by atomic mass is 9.93. The molecule has 1 atom stereocenters. The molecular weight excluding hydrogens is 276 g/mol. The molecule has 2 heterocycles. The predicted octanol–water partition coefficient (Wildman–Crippen LogP) is 2.53. The molecule has 0 radical (unpaired) electrons. The van der Waals surface area contributed by atoms with E-state index in [-0.39, 0.29) is 12.5 Å². The Morgan fingerprint density at radius 1 is 1.50 bits per heavy atom. The molecule has 1 aromatic heterocycles. The highest BCUT2D eigenvalue weighted by molar-refractivity contribution is 7.09. The molecule has 1 unspecified atom stereocenters. The normalized spacial score (nSPS) is 18.8. The summed E-state index contributed by atoms with van der Waals surface area (Å²) in [7, 11) is 0. The largest absolute Gasteiger partial charge is 0.481 e. The number of hydrogen-bond donors (Lipinski definition) is 2. The van der Waals surface area contributed by atoms with Gasteiger partial charge >= 0.3 is 12.0 Å². The first-order valence-corrected chi connectivity index (χ1v) is 7.80. The Labute approximate surface area is 122 Å². The Hall–Kier alpha value is -1.56. The van der Waals surface area contributed by atoms with Crippen LogP contribution in [0.15, 0.2) is 17.5 Å². The van der Waals surface area contributed by atoms with E-state index in [1.807, 2.05) is 22.4 Å². The molecule has 0 saturated carbocycles. The summed E-state index contributed by atoms with van der Waals surface area (Å²) in [5.74, 6) is -0.448. The van der Waals surface area contributed by atoms with Crippen LogP contribution in [0.5, 0.6) is 0 Å². The Kier molecular flexibility index (Phi) is 5.40. The fourth-order valence-electron chi connectivity index (χ4n) is 2.50. The van der Waals surface area contributed by atoms with E-state index in [0.717, 1.165) is 24.3 Å². The van der Waals surface area contributed by atoms with Crippen molar-refractivity contribution in [3.8, 4) is 0 Å². The van der Waals surface area contributed by atoms with Gasteiger partial charge < -0.3 is 15.3 Å². The summed E-state index contributed by atoms with van der Waals surface area (Å²) >= 11 is 1.62. The summed E-state index contributed by atoms with van der Waals surface area (Å²) in [6, 6.07) is 3.92. The van der Waals surface area contributed by atoms with Crippen molar-refractivity contribution in [2.24, 2.45) is 5.92 Å². The van der Waals surface area contributed by atoms with Gasteiger partial charge in [-0.3, -0.25) is 4.79 Å². The van der Waals surface area contributed by atoms with Crippen molar-refractivity contribution in [1.29, 1.82) is 0 Å². The molecular formula is C14H20N2O3S. The maximum atomic E-state index is 12.1. The molecule has 1 fully saturated rings. The molecule has 1 aromatic rings. The first-order chi connectivity index (χ1) is 9.65. The highest BCUT2D eigenvalue weighted by Crippen LogP contribution is 2.21. The molecule has 2 amide bonds. The Balaban J connectivity index is 1.76. The topological polar surface area (TPSA) is 69.6 Å². The second-order valence-electron chi connectivity index (χ2n) is 5.12. The van der Waals surface area contributed by atoms with Gasteiger partial charge in [0.25, 0.3) is 0 Å². The molecule has 0 bridgehead atoms.